The maximum absolute atomic E-state index is 11.4. The lowest BCUT2D eigenvalue weighted by molar-refractivity contribution is -0.137. The highest BCUT2D eigenvalue weighted by Crippen LogP contribution is 2.19. The van der Waals surface area contributed by atoms with Crippen LogP contribution in [0.1, 0.15) is 20.3 Å². The molecule has 1 unspecified atom stereocenters. The zero-order valence-electron chi connectivity index (χ0n) is 9.88. The van der Waals surface area contributed by atoms with Gasteiger partial charge in [0.25, 0.3) is 10.1 Å². The molecule has 0 aromatic carbocycles. The minimum atomic E-state index is -4.03. The van der Waals surface area contributed by atoms with Crippen LogP contribution in [-0.2, 0) is 14.9 Å². The van der Waals surface area contributed by atoms with Gasteiger partial charge in [0.05, 0.1) is 12.4 Å². The highest BCUT2D eigenvalue weighted by molar-refractivity contribution is 7.85. The molecule has 0 aliphatic rings. The van der Waals surface area contributed by atoms with Crippen LogP contribution in [0.2, 0.25) is 0 Å². The molecule has 0 aliphatic heterocycles. The van der Waals surface area contributed by atoms with E-state index in [-0.39, 0.29) is 19.6 Å². The quantitative estimate of drug-likeness (QED) is 0.338. The largest absolute Gasteiger partial charge is 0.396 e. The first-order valence-corrected chi connectivity index (χ1v) is 6.73. The van der Waals surface area contributed by atoms with Crippen molar-refractivity contribution in [3.05, 3.63) is 0 Å². The summed E-state index contributed by atoms with van der Waals surface area (Å²) in [7, 11) is -4.03. The Labute approximate surface area is 101 Å². The van der Waals surface area contributed by atoms with Crippen LogP contribution in [0.5, 0.6) is 0 Å². The molecule has 8 heteroatoms. The summed E-state index contributed by atoms with van der Waals surface area (Å²) in [4.78, 5) is 11.4. The van der Waals surface area contributed by atoms with Crippen LogP contribution in [-0.4, -0.2) is 54.1 Å². The zero-order valence-corrected chi connectivity index (χ0v) is 10.7. The molecule has 0 aliphatic carbocycles. The molecule has 0 rings (SSSR count). The Morgan fingerprint density at radius 3 is 2.35 bits per heavy atom. The first kappa shape index (κ1) is 16.3. The highest BCUT2D eigenvalue weighted by atomic mass is 32.2. The van der Waals surface area contributed by atoms with E-state index in [2.05, 4.69) is 5.32 Å². The van der Waals surface area contributed by atoms with E-state index in [1.165, 1.54) is 13.8 Å². The fourth-order valence-corrected chi connectivity index (χ4v) is 1.51. The van der Waals surface area contributed by atoms with Crippen LogP contribution in [0.4, 0.5) is 0 Å². The number of aliphatic hydroxyl groups is 2. The second-order valence-electron chi connectivity index (χ2n) is 4.48. The number of hydrogen-bond donors (Lipinski definition) is 4. The first-order chi connectivity index (χ1) is 7.60. The molecule has 0 saturated heterocycles. The van der Waals surface area contributed by atoms with Crippen molar-refractivity contribution in [1.29, 1.82) is 0 Å². The van der Waals surface area contributed by atoms with Crippen molar-refractivity contribution >= 4 is 16.0 Å². The van der Waals surface area contributed by atoms with Crippen LogP contribution < -0.4 is 5.32 Å². The molecule has 0 bridgehead atoms. The van der Waals surface area contributed by atoms with E-state index in [0.29, 0.717) is 0 Å². The summed E-state index contributed by atoms with van der Waals surface area (Å²) < 4.78 is 29.2. The van der Waals surface area contributed by atoms with Gasteiger partial charge in [0.1, 0.15) is 6.10 Å². The summed E-state index contributed by atoms with van der Waals surface area (Å²) in [6.07, 6.45) is -1.32. The van der Waals surface area contributed by atoms with Gasteiger partial charge in [0.2, 0.25) is 5.91 Å². The van der Waals surface area contributed by atoms with Crippen LogP contribution in [0.25, 0.3) is 0 Å². The van der Waals surface area contributed by atoms with Gasteiger partial charge in [-0.15, -0.1) is 0 Å². The Morgan fingerprint density at radius 1 is 1.41 bits per heavy atom. The minimum absolute atomic E-state index is 0.0250. The van der Waals surface area contributed by atoms with Gasteiger partial charge in [-0.25, -0.2) is 0 Å². The molecule has 0 spiro atoms. The number of rotatable bonds is 7. The normalized spacial score (nSPS) is 14.4. The maximum Gasteiger partial charge on any atom is 0.264 e. The fourth-order valence-electron chi connectivity index (χ4n) is 1.00. The lowest BCUT2D eigenvalue weighted by Crippen LogP contribution is -2.45. The van der Waals surface area contributed by atoms with E-state index in [4.69, 9.17) is 9.66 Å². The van der Waals surface area contributed by atoms with Crippen LogP contribution in [0.15, 0.2) is 0 Å². The van der Waals surface area contributed by atoms with Gasteiger partial charge in [0, 0.05) is 12.0 Å². The third kappa shape index (κ3) is 6.57. The third-order valence-corrected chi connectivity index (χ3v) is 3.08. The van der Waals surface area contributed by atoms with Crippen molar-refractivity contribution in [2.24, 2.45) is 5.41 Å². The second kappa shape index (κ2) is 6.29. The Bertz CT molecular complexity index is 350. The van der Waals surface area contributed by atoms with E-state index in [9.17, 15) is 18.3 Å². The molecule has 102 valence electrons. The van der Waals surface area contributed by atoms with Gasteiger partial charge < -0.3 is 15.5 Å². The Morgan fingerprint density at radius 2 is 1.94 bits per heavy atom. The third-order valence-electron chi connectivity index (χ3n) is 2.27. The Balaban J connectivity index is 4.04. The van der Waals surface area contributed by atoms with Gasteiger partial charge >= 0.3 is 0 Å². The fraction of sp³-hybridized carbons (Fsp3) is 0.889. The second-order valence-corrected chi connectivity index (χ2v) is 6.05. The van der Waals surface area contributed by atoms with E-state index in [1.54, 1.807) is 0 Å². The molecule has 0 saturated carbocycles. The van der Waals surface area contributed by atoms with Crippen molar-refractivity contribution in [3.63, 3.8) is 0 Å². The van der Waals surface area contributed by atoms with Crippen molar-refractivity contribution in [3.8, 4) is 0 Å². The van der Waals surface area contributed by atoms with Crippen LogP contribution in [0, 0.1) is 5.41 Å². The molecule has 0 aromatic rings. The number of amides is 1. The lowest BCUT2D eigenvalue weighted by Gasteiger charge is -2.27. The van der Waals surface area contributed by atoms with E-state index < -0.39 is 33.3 Å². The molecule has 17 heavy (non-hydrogen) atoms. The lowest BCUT2D eigenvalue weighted by atomic mass is 9.87. The predicted molar refractivity (Wildman–Crippen MR) is 60.9 cm³/mol. The number of aliphatic hydroxyl groups excluding tert-OH is 2. The topological polar surface area (TPSA) is 124 Å². The Hall–Kier alpha value is -0.700. The monoisotopic (exact) mass is 269 g/mol. The molecular formula is C9H19NO6S. The Kier molecular flexibility index (Phi) is 6.03. The van der Waals surface area contributed by atoms with Crippen LogP contribution in [0.3, 0.4) is 0 Å². The van der Waals surface area contributed by atoms with Gasteiger partial charge in [0.15, 0.2) is 0 Å². The smallest absolute Gasteiger partial charge is 0.264 e. The van der Waals surface area contributed by atoms with Gasteiger partial charge in [-0.05, 0) is 6.42 Å². The van der Waals surface area contributed by atoms with Crippen molar-refractivity contribution in [2.75, 3.05) is 18.9 Å². The summed E-state index contributed by atoms with van der Waals surface area (Å²) in [6, 6.07) is 0. The van der Waals surface area contributed by atoms with Gasteiger partial charge in [-0.2, -0.15) is 8.42 Å². The molecule has 1 amide bonds. The van der Waals surface area contributed by atoms with E-state index >= 15 is 0 Å². The number of carbonyl (C=O) groups excluding carboxylic acids is 1. The number of hydrogen-bond acceptors (Lipinski definition) is 5. The minimum Gasteiger partial charge on any atom is -0.396 e. The molecule has 0 radical (unpaired) electrons. The average molecular weight is 269 g/mol. The van der Waals surface area contributed by atoms with Crippen molar-refractivity contribution in [2.45, 2.75) is 26.4 Å². The molecule has 0 aromatic heterocycles. The summed E-state index contributed by atoms with van der Waals surface area (Å²) in [6.45, 7) is 2.72. The average Bonchev–Trinajstić information content (AvgIpc) is 2.21. The highest BCUT2D eigenvalue weighted by Gasteiger charge is 2.32. The van der Waals surface area contributed by atoms with E-state index in [1.807, 2.05) is 0 Å². The predicted octanol–water partition coefficient (Wildman–Crippen LogP) is -1.24. The van der Waals surface area contributed by atoms with Crippen molar-refractivity contribution in [1.82, 2.24) is 5.32 Å². The summed E-state index contributed by atoms with van der Waals surface area (Å²) in [5.74, 6) is -1.13. The SMILES string of the molecule is CC(C)(CO)C(O)C(=O)NCCCS(=O)(=O)O. The molecule has 0 heterocycles. The standard InChI is InChI=1S/C9H19NO6S/c1-9(2,6-11)7(12)8(13)10-4-3-5-17(14,15)16/h7,11-12H,3-6H2,1-2H3,(H,10,13)(H,14,15,16). The summed E-state index contributed by atoms with van der Waals surface area (Å²) in [5, 5.41) is 20.8. The zero-order chi connectivity index (χ0) is 13.7. The van der Waals surface area contributed by atoms with Crippen LogP contribution >= 0.6 is 0 Å². The van der Waals surface area contributed by atoms with Gasteiger partial charge in [-0.3, -0.25) is 9.35 Å². The summed E-state index contributed by atoms with van der Waals surface area (Å²) in [5.41, 5.74) is -0.965. The summed E-state index contributed by atoms with van der Waals surface area (Å²) >= 11 is 0. The van der Waals surface area contributed by atoms with E-state index in [0.717, 1.165) is 0 Å². The molecule has 7 nitrogen and oxygen atoms in total. The molecule has 1 atom stereocenters. The molecule has 4 N–H and O–H groups in total. The van der Waals surface area contributed by atoms with Crippen molar-refractivity contribution < 1.29 is 28.0 Å². The van der Waals surface area contributed by atoms with Gasteiger partial charge in [-0.1, -0.05) is 13.8 Å². The number of carbonyl (C=O) groups is 1. The molecular weight excluding hydrogens is 250 g/mol. The molecule has 0 fully saturated rings. The maximum atomic E-state index is 11.4. The first-order valence-electron chi connectivity index (χ1n) is 5.12. The number of nitrogens with one attached hydrogen (secondary N) is 1.